The van der Waals surface area contributed by atoms with Crippen molar-refractivity contribution >= 4 is 5.69 Å². The van der Waals surface area contributed by atoms with Crippen LogP contribution in [-0.4, -0.2) is 12.2 Å². The highest BCUT2D eigenvalue weighted by Crippen LogP contribution is 2.21. The average molecular weight is 227 g/mol. The number of nitrogens with zero attached hydrogens (tertiary/aromatic N) is 1. The first-order valence-electron chi connectivity index (χ1n) is 5.71. The molecule has 2 nitrogen and oxygen atoms in total. The van der Waals surface area contributed by atoms with Gasteiger partial charge in [-0.3, -0.25) is 0 Å². The van der Waals surface area contributed by atoms with E-state index >= 15 is 0 Å². The highest BCUT2D eigenvalue weighted by molar-refractivity contribution is 5.52. The van der Waals surface area contributed by atoms with Gasteiger partial charge in [-0.1, -0.05) is 30.3 Å². The van der Waals surface area contributed by atoms with Gasteiger partial charge in [-0.05, 0) is 36.2 Å². The molecule has 0 aliphatic rings. The van der Waals surface area contributed by atoms with Crippen LogP contribution in [-0.2, 0) is 6.54 Å². The maximum Gasteiger partial charge on any atom is 0.115 e. The van der Waals surface area contributed by atoms with E-state index < -0.39 is 0 Å². The normalized spacial score (nSPS) is 10.2. The molecule has 2 heteroatoms. The van der Waals surface area contributed by atoms with Gasteiger partial charge in [0.1, 0.15) is 5.75 Å². The Hall–Kier alpha value is -1.96. The number of aryl methyl sites for hydroxylation is 1. The molecule has 17 heavy (non-hydrogen) atoms. The lowest BCUT2D eigenvalue weighted by molar-refractivity contribution is 0.474. The van der Waals surface area contributed by atoms with Crippen LogP contribution < -0.4 is 4.90 Å². The van der Waals surface area contributed by atoms with Crippen molar-refractivity contribution in [1.82, 2.24) is 0 Å². The van der Waals surface area contributed by atoms with Crippen molar-refractivity contribution in [1.29, 1.82) is 0 Å². The summed E-state index contributed by atoms with van der Waals surface area (Å²) in [5.74, 6) is 0.320. The van der Waals surface area contributed by atoms with Gasteiger partial charge in [0.15, 0.2) is 0 Å². The van der Waals surface area contributed by atoms with E-state index in [1.807, 2.05) is 24.3 Å². The van der Waals surface area contributed by atoms with Gasteiger partial charge in [0.05, 0.1) is 0 Å². The van der Waals surface area contributed by atoms with Gasteiger partial charge in [-0.25, -0.2) is 0 Å². The van der Waals surface area contributed by atoms with Crippen molar-refractivity contribution in [3.63, 3.8) is 0 Å². The van der Waals surface area contributed by atoms with Crippen LogP contribution in [0.4, 0.5) is 5.69 Å². The lowest BCUT2D eigenvalue weighted by Crippen LogP contribution is -2.17. The summed E-state index contributed by atoms with van der Waals surface area (Å²) in [6, 6.07) is 15.7. The van der Waals surface area contributed by atoms with Crippen LogP contribution in [0.5, 0.6) is 5.75 Å². The van der Waals surface area contributed by atoms with Crippen LogP contribution in [0, 0.1) is 6.92 Å². The molecule has 0 spiro atoms. The number of phenols is 1. The molecular weight excluding hydrogens is 210 g/mol. The fourth-order valence-electron chi connectivity index (χ4n) is 2.01. The van der Waals surface area contributed by atoms with Crippen molar-refractivity contribution in [2.75, 3.05) is 11.9 Å². The summed E-state index contributed by atoms with van der Waals surface area (Å²) in [5, 5.41) is 9.43. The quantitative estimate of drug-likeness (QED) is 0.869. The number of rotatable bonds is 3. The summed E-state index contributed by atoms with van der Waals surface area (Å²) in [6.45, 7) is 2.90. The van der Waals surface area contributed by atoms with Gasteiger partial charge in [0.25, 0.3) is 0 Å². The average Bonchev–Trinajstić information content (AvgIpc) is 2.29. The fraction of sp³-hybridized carbons (Fsp3) is 0.200. The largest absolute Gasteiger partial charge is 0.508 e. The van der Waals surface area contributed by atoms with Crippen LogP contribution >= 0.6 is 0 Å². The molecule has 0 saturated heterocycles. The Labute approximate surface area is 102 Å². The molecule has 0 aliphatic carbocycles. The Morgan fingerprint density at radius 3 is 2.53 bits per heavy atom. The molecule has 0 amide bonds. The molecule has 0 fully saturated rings. The molecule has 0 radical (unpaired) electrons. The van der Waals surface area contributed by atoms with Crippen molar-refractivity contribution in [3.05, 3.63) is 59.7 Å². The molecule has 0 aliphatic heterocycles. The molecule has 0 saturated carbocycles. The third kappa shape index (κ3) is 2.78. The van der Waals surface area contributed by atoms with E-state index in [1.165, 1.54) is 11.3 Å². The lowest BCUT2D eigenvalue weighted by atomic mass is 10.1. The molecule has 0 aromatic heterocycles. The summed E-state index contributed by atoms with van der Waals surface area (Å²) in [7, 11) is 2.06. The molecular formula is C15H17NO. The predicted molar refractivity (Wildman–Crippen MR) is 71.4 cm³/mol. The summed E-state index contributed by atoms with van der Waals surface area (Å²) < 4.78 is 0. The minimum atomic E-state index is 0.320. The Balaban J connectivity index is 2.17. The van der Waals surface area contributed by atoms with E-state index in [2.05, 4.69) is 31.0 Å². The van der Waals surface area contributed by atoms with Crippen LogP contribution in [0.1, 0.15) is 11.1 Å². The summed E-state index contributed by atoms with van der Waals surface area (Å²) in [6.07, 6.45) is 0. The molecule has 0 heterocycles. The lowest BCUT2D eigenvalue weighted by Gasteiger charge is -2.21. The van der Waals surface area contributed by atoms with Gasteiger partial charge in [-0.15, -0.1) is 0 Å². The third-order valence-corrected chi connectivity index (χ3v) is 2.86. The number of para-hydroxylation sites is 1. The number of hydrogen-bond donors (Lipinski definition) is 1. The summed E-state index contributed by atoms with van der Waals surface area (Å²) in [4.78, 5) is 2.18. The van der Waals surface area contributed by atoms with E-state index in [0.717, 1.165) is 12.1 Å². The number of benzene rings is 2. The highest BCUT2D eigenvalue weighted by Gasteiger charge is 2.04. The Morgan fingerprint density at radius 2 is 1.82 bits per heavy atom. The zero-order chi connectivity index (χ0) is 12.3. The van der Waals surface area contributed by atoms with Crippen molar-refractivity contribution in [2.24, 2.45) is 0 Å². The Morgan fingerprint density at radius 1 is 1.06 bits per heavy atom. The van der Waals surface area contributed by atoms with Crippen LogP contribution in [0.25, 0.3) is 0 Å². The second-order valence-electron chi connectivity index (χ2n) is 4.31. The van der Waals surface area contributed by atoms with Gasteiger partial charge in [0, 0.05) is 19.3 Å². The number of anilines is 1. The molecule has 88 valence electrons. The van der Waals surface area contributed by atoms with Crippen molar-refractivity contribution < 1.29 is 5.11 Å². The van der Waals surface area contributed by atoms with Crippen LogP contribution in [0.2, 0.25) is 0 Å². The van der Waals surface area contributed by atoms with E-state index in [9.17, 15) is 5.11 Å². The minimum absolute atomic E-state index is 0.320. The monoisotopic (exact) mass is 227 g/mol. The van der Waals surface area contributed by atoms with Gasteiger partial charge in [0.2, 0.25) is 0 Å². The zero-order valence-electron chi connectivity index (χ0n) is 10.2. The Kier molecular flexibility index (Phi) is 3.33. The van der Waals surface area contributed by atoms with Gasteiger partial charge < -0.3 is 10.0 Å². The second kappa shape index (κ2) is 4.91. The molecule has 1 N–H and O–H groups in total. The highest BCUT2D eigenvalue weighted by atomic mass is 16.3. The van der Waals surface area contributed by atoms with E-state index in [4.69, 9.17) is 0 Å². The second-order valence-corrected chi connectivity index (χ2v) is 4.31. The zero-order valence-corrected chi connectivity index (χ0v) is 10.2. The molecule has 2 aromatic rings. The maximum atomic E-state index is 9.43. The number of aromatic hydroxyl groups is 1. The smallest absolute Gasteiger partial charge is 0.115 e. The van der Waals surface area contributed by atoms with Crippen LogP contribution in [0.3, 0.4) is 0 Å². The molecule has 0 atom stereocenters. The first-order chi connectivity index (χ1) is 8.16. The van der Waals surface area contributed by atoms with Crippen molar-refractivity contribution in [2.45, 2.75) is 13.5 Å². The molecule has 2 rings (SSSR count). The van der Waals surface area contributed by atoms with Crippen molar-refractivity contribution in [3.8, 4) is 5.75 Å². The third-order valence-electron chi connectivity index (χ3n) is 2.86. The van der Waals surface area contributed by atoms with Gasteiger partial charge in [-0.2, -0.15) is 0 Å². The molecule has 2 aromatic carbocycles. The first-order valence-corrected chi connectivity index (χ1v) is 5.71. The predicted octanol–water partition coefficient (Wildman–Crippen LogP) is 3.34. The van der Waals surface area contributed by atoms with Gasteiger partial charge >= 0.3 is 0 Å². The first kappa shape index (κ1) is 11.5. The Bertz CT molecular complexity index is 508. The minimum Gasteiger partial charge on any atom is -0.508 e. The maximum absolute atomic E-state index is 9.43. The SMILES string of the molecule is Cc1ccccc1N(C)Cc1cccc(O)c1. The topological polar surface area (TPSA) is 23.5 Å². The fourth-order valence-corrected chi connectivity index (χ4v) is 2.01. The summed E-state index contributed by atoms with van der Waals surface area (Å²) >= 11 is 0. The number of hydrogen-bond acceptors (Lipinski definition) is 2. The van der Waals surface area contributed by atoms with Crippen LogP contribution in [0.15, 0.2) is 48.5 Å². The summed E-state index contributed by atoms with van der Waals surface area (Å²) in [5.41, 5.74) is 3.58. The molecule has 0 bridgehead atoms. The number of phenolic OH excluding ortho intramolecular Hbond substituents is 1. The van der Waals surface area contributed by atoms with E-state index in [0.29, 0.717) is 5.75 Å². The molecule has 0 unspecified atom stereocenters. The van der Waals surface area contributed by atoms with E-state index in [1.54, 1.807) is 12.1 Å². The standard InChI is InChI=1S/C15H17NO/c1-12-6-3-4-9-15(12)16(2)11-13-7-5-8-14(17)10-13/h3-10,17H,11H2,1-2H3. The van der Waals surface area contributed by atoms with E-state index in [-0.39, 0.29) is 0 Å².